The Kier molecular flexibility index (Phi) is 38.7. The van der Waals surface area contributed by atoms with Crippen LogP contribution in [0.25, 0.3) is 34.4 Å². The molecular weight excluding hydrogens is 1300 g/mol. The Bertz CT molecular complexity index is 3260. The number of hydrogen-bond donors (Lipinski definition) is 6. The van der Waals surface area contributed by atoms with Gasteiger partial charge in [-0.2, -0.15) is 0 Å². The third-order valence-corrected chi connectivity index (χ3v) is 18.8. The number of carboxylic acids is 2. The molecule has 18 nitrogen and oxygen atoms in total. The van der Waals surface area contributed by atoms with Crippen LogP contribution in [0.4, 0.5) is 8.78 Å². The molecule has 0 aliphatic heterocycles. The van der Waals surface area contributed by atoms with Crippen LogP contribution in [0.15, 0.2) is 53.0 Å². The number of ether oxygens (including phenoxy) is 2. The van der Waals surface area contributed by atoms with Crippen molar-refractivity contribution in [3.63, 3.8) is 0 Å². The van der Waals surface area contributed by atoms with Crippen molar-refractivity contribution in [1.82, 2.24) is 9.97 Å². The molecule has 0 aliphatic rings. The fraction of sp³-hybridized carbons (Fsp3) is 0.543. The summed E-state index contributed by atoms with van der Waals surface area (Å²) in [6.07, 6.45) is 8.59. The first-order valence-corrected chi connectivity index (χ1v) is 35.7. The normalized spacial score (nSPS) is 13.2. The molecule has 0 amide bonds. The number of aliphatic hydroxyl groups is 4. The molecule has 4 atom stereocenters. The number of nitrogens with zero attached hydrogens (tertiary/aromatic N) is 2. The van der Waals surface area contributed by atoms with Crippen molar-refractivity contribution in [2.45, 2.75) is 196 Å². The number of halogens is 3. The van der Waals surface area contributed by atoms with Gasteiger partial charge in [0.05, 0.1) is 101 Å². The smallest absolute Gasteiger partial charge is 0.330 e. The van der Waals surface area contributed by atoms with Crippen LogP contribution in [0.1, 0.15) is 209 Å². The second kappa shape index (κ2) is 43.0. The highest BCUT2D eigenvalue weighted by Gasteiger charge is 2.28. The Balaban J connectivity index is 0.000000546. The van der Waals surface area contributed by atoms with Gasteiger partial charge in [0.25, 0.3) is 0 Å². The number of terminal acetylenes is 1. The van der Waals surface area contributed by atoms with Gasteiger partial charge in [-0.05, 0) is 111 Å². The molecule has 93 heavy (non-hydrogen) atoms. The number of pyridine rings is 2. The predicted molar refractivity (Wildman–Crippen MR) is 366 cm³/mol. The van der Waals surface area contributed by atoms with E-state index in [4.69, 9.17) is 54.2 Å². The molecule has 23 heteroatoms. The van der Waals surface area contributed by atoms with Crippen molar-refractivity contribution in [1.29, 1.82) is 0 Å². The SMILES string of the molecule is C#CCCCP(=O)(OCC)OCC.CCOP(=O)(CCCC#Cc1cc(F)ccc1-c1c(/C=C/[C@@H](O)C[C@@H](O)CC(=O)O)c(C(C)C)nc(C(C)C)c1COC)OCC.COCc1c(C(C)C)nc(C(C)C)c(/C=C/[C@@H](O)C[C@@H](O)CC(=O)O)c1-c1ccc(F)cc1Br. The average Bonchev–Trinajstić information content (AvgIpc) is 0.770. The first-order valence-electron chi connectivity index (χ1n) is 31.5. The van der Waals surface area contributed by atoms with Crippen molar-refractivity contribution in [3.8, 4) is 46.4 Å². The number of aromatic nitrogens is 2. The summed E-state index contributed by atoms with van der Waals surface area (Å²) in [6.45, 7) is 25.2. The monoisotopic (exact) mass is 1400 g/mol. The largest absolute Gasteiger partial charge is 0.481 e. The number of carbonyl (C=O) groups is 2. The van der Waals surface area contributed by atoms with Gasteiger partial charge in [0, 0.05) is 83.6 Å². The van der Waals surface area contributed by atoms with Gasteiger partial charge in [-0.25, -0.2) is 8.78 Å². The average molecular weight is 1400 g/mol. The number of unbranched alkanes of at least 4 members (excludes halogenated alkanes) is 2. The van der Waals surface area contributed by atoms with Crippen LogP contribution in [0.2, 0.25) is 0 Å². The van der Waals surface area contributed by atoms with Crippen molar-refractivity contribution in [2.24, 2.45) is 0 Å². The molecule has 0 fully saturated rings. The lowest BCUT2D eigenvalue weighted by Crippen LogP contribution is -2.19. The second-order valence-electron chi connectivity index (χ2n) is 23.0. The lowest BCUT2D eigenvalue weighted by atomic mass is 9.85. The summed E-state index contributed by atoms with van der Waals surface area (Å²) in [5.41, 5.74) is 9.79. The molecule has 0 radical (unpaired) electrons. The van der Waals surface area contributed by atoms with Gasteiger partial charge >= 0.3 is 27.1 Å². The molecule has 2 aromatic heterocycles. The topological polar surface area (TPSA) is 271 Å². The Labute approximate surface area is 558 Å². The highest BCUT2D eigenvalue weighted by molar-refractivity contribution is 9.10. The van der Waals surface area contributed by atoms with Gasteiger partial charge in [0.1, 0.15) is 11.6 Å². The van der Waals surface area contributed by atoms with Crippen molar-refractivity contribution < 1.29 is 85.7 Å². The third kappa shape index (κ3) is 28.5. The minimum Gasteiger partial charge on any atom is -0.481 e. The molecule has 0 bridgehead atoms. The summed E-state index contributed by atoms with van der Waals surface area (Å²) in [6, 6.07) is 8.91. The van der Waals surface area contributed by atoms with Crippen molar-refractivity contribution in [3.05, 3.63) is 115 Å². The standard InChI is InChI=1S/C35H49FNO8P.C26H33BrFNO5.C9H17O3P/c1-8-44-46(42,45-9-2)18-12-10-11-13-25-19-26(36)14-16-29(25)33-30(17-15-27(38)20-28(39)21-32(40)41)34(23(3)4)37-35(24(5)6)31(33)22-43-7;1-14(2)25-20(9-7-17(30)11-18(31)12-23(32)33)24(19-8-6-16(28)10-22(19)27)21(13-34-5)26(29-25)15(3)4;1-4-7-8-9-13(10,11-5-2)12-6-3/h14-17,19,23-24,27-28,38-39H,8-10,12,18,20-22H2,1-7H3,(H,40,41);6-10,14-15,17-18,30-31H,11-13H2,1-5H3,(H,32,33);1H,5-9H2,2-3H3/b17-15+;9-7+;/t27-,28-;17-,18-;/m11./s1. The van der Waals surface area contributed by atoms with Crippen LogP contribution in [0.3, 0.4) is 0 Å². The summed E-state index contributed by atoms with van der Waals surface area (Å²) >= 11 is 3.50. The quantitative estimate of drug-likeness (QED) is 0.0140. The zero-order valence-electron chi connectivity index (χ0n) is 56.5. The van der Waals surface area contributed by atoms with Crippen molar-refractivity contribution >= 4 is 55.2 Å². The van der Waals surface area contributed by atoms with Gasteiger partial charge < -0.3 is 58.2 Å². The van der Waals surface area contributed by atoms with Crippen LogP contribution in [-0.2, 0) is 59.5 Å². The molecular formula is C70H99BrF2N2O16P2. The Hall–Kier alpha value is -5.32. The molecule has 516 valence electrons. The Morgan fingerprint density at radius 2 is 0.978 bits per heavy atom. The molecule has 2 heterocycles. The van der Waals surface area contributed by atoms with Gasteiger partial charge in [0.15, 0.2) is 0 Å². The summed E-state index contributed by atoms with van der Waals surface area (Å²) in [5.74, 6) is 5.73. The van der Waals surface area contributed by atoms with Gasteiger partial charge in [-0.15, -0.1) is 12.3 Å². The Morgan fingerprint density at radius 3 is 1.33 bits per heavy atom. The van der Waals surface area contributed by atoms with E-state index in [2.05, 4.69) is 47.5 Å². The molecule has 0 aliphatic carbocycles. The number of methoxy groups -OCH3 is 2. The predicted octanol–water partition coefficient (Wildman–Crippen LogP) is 15.6. The lowest BCUT2D eigenvalue weighted by molar-refractivity contribution is -0.140. The summed E-state index contributed by atoms with van der Waals surface area (Å²) in [4.78, 5) is 31.8. The minimum atomic E-state index is -3.20. The van der Waals surface area contributed by atoms with Crippen LogP contribution in [-0.4, -0.2) is 130 Å². The first-order chi connectivity index (χ1) is 43.9. The van der Waals surface area contributed by atoms with E-state index in [1.165, 1.54) is 36.4 Å². The number of aliphatic carboxylic acids is 2. The van der Waals surface area contributed by atoms with Gasteiger partial charge in [-0.1, -0.05) is 120 Å². The zero-order valence-corrected chi connectivity index (χ0v) is 59.8. The van der Waals surface area contributed by atoms with E-state index in [-0.39, 0.29) is 68.3 Å². The maximum absolute atomic E-state index is 14.7. The number of rotatable bonds is 36. The maximum atomic E-state index is 14.7. The molecule has 0 saturated heterocycles. The van der Waals surface area contributed by atoms with Crippen LogP contribution >= 0.6 is 31.1 Å². The van der Waals surface area contributed by atoms with Crippen LogP contribution in [0.5, 0.6) is 0 Å². The molecule has 0 spiro atoms. The molecule has 4 aromatic rings. The molecule has 6 N–H and O–H groups in total. The fourth-order valence-electron chi connectivity index (χ4n) is 9.96. The van der Waals surface area contributed by atoms with Crippen molar-refractivity contribution in [2.75, 3.05) is 53.0 Å². The molecule has 0 saturated carbocycles. The van der Waals surface area contributed by atoms with Gasteiger partial charge in [-0.3, -0.25) is 28.7 Å². The van der Waals surface area contributed by atoms with Crippen LogP contribution in [0, 0.1) is 35.8 Å². The van der Waals surface area contributed by atoms with E-state index >= 15 is 0 Å². The van der Waals surface area contributed by atoms with E-state index in [9.17, 15) is 47.9 Å². The number of carboxylic acid groups (broad SMARTS) is 2. The maximum Gasteiger partial charge on any atom is 0.330 e. The summed E-state index contributed by atoms with van der Waals surface area (Å²) in [5, 5.41) is 58.9. The van der Waals surface area contributed by atoms with Crippen LogP contribution < -0.4 is 0 Å². The van der Waals surface area contributed by atoms with E-state index in [1.807, 2.05) is 41.5 Å². The van der Waals surface area contributed by atoms with E-state index in [0.717, 1.165) is 56.2 Å². The summed E-state index contributed by atoms with van der Waals surface area (Å²) < 4.78 is 85.9. The van der Waals surface area contributed by atoms with E-state index in [0.29, 0.717) is 72.8 Å². The Morgan fingerprint density at radius 1 is 0.602 bits per heavy atom. The molecule has 2 aromatic carbocycles. The summed E-state index contributed by atoms with van der Waals surface area (Å²) in [7, 11) is -2.86. The lowest BCUT2D eigenvalue weighted by Gasteiger charge is -2.24. The first kappa shape index (κ1) is 83.8. The van der Waals surface area contributed by atoms with E-state index < -0.39 is 70.2 Å². The number of aliphatic hydroxyl groups excluding tert-OH is 4. The highest BCUT2D eigenvalue weighted by Crippen LogP contribution is 2.50. The second-order valence-corrected chi connectivity index (χ2v) is 28.2. The van der Waals surface area contributed by atoms with E-state index in [1.54, 1.807) is 66.2 Å². The number of benzene rings is 2. The number of hydrogen-bond acceptors (Lipinski definition) is 16. The zero-order chi connectivity index (χ0) is 70.2. The molecule has 0 unspecified atom stereocenters. The third-order valence-electron chi connectivity index (χ3n) is 13.8. The highest BCUT2D eigenvalue weighted by atomic mass is 79.9. The fourth-order valence-corrected chi connectivity index (χ4v) is 13.8. The molecule has 4 rings (SSSR count). The van der Waals surface area contributed by atoms with Gasteiger partial charge in [0.2, 0.25) is 0 Å². The minimum absolute atomic E-state index is 0.0255.